The molecule has 0 saturated heterocycles. The molecule has 1 rings (SSSR count). The van der Waals surface area contributed by atoms with E-state index < -0.39 is 5.97 Å². The number of hydrogen-bond donors (Lipinski definition) is 2. The number of aromatic carboxylic acids is 1. The molecule has 0 atom stereocenters. The molecule has 0 saturated carbocycles. The van der Waals surface area contributed by atoms with Crippen molar-refractivity contribution in [3.05, 3.63) is 29.3 Å². The topological polar surface area (TPSA) is 66.8 Å². The summed E-state index contributed by atoms with van der Waals surface area (Å²) in [5, 5.41) is 17.4. The van der Waals surface area contributed by atoms with E-state index in [-0.39, 0.29) is 17.9 Å². The Kier molecular flexibility index (Phi) is 3.72. The average Bonchev–Trinajstić information content (AvgIpc) is 2.25. The maximum atomic E-state index is 10.8. The third kappa shape index (κ3) is 2.48. The summed E-state index contributed by atoms with van der Waals surface area (Å²) in [6.45, 7) is -0.277. The van der Waals surface area contributed by atoms with E-state index in [9.17, 15) is 4.79 Å². The van der Waals surface area contributed by atoms with Gasteiger partial charge in [0, 0.05) is 0 Å². The number of methoxy groups -OCH3 is 1. The minimum atomic E-state index is -1.07. The van der Waals surface area contributed by atoms with Crippen LogP contribution in [0.4, 0.5) is 0 Å². The van der Waals surface area contributed by atoms with Crippen LogP contribution in [0.5, 0.6) is 5.75 Å². The van der Waals surface area contributed by atoms with Gasteiger partial charge in [0.15, 0.2) is 0 Å². The highest BCUT2D eigenvalue weighted by Gasteiger charge is 2.12. The first-order valence-electron chi connectivity index (χ1n) is 4.20. The molecule has 0 aromatic heterocycles. The van der Waals surface area contributed by atoms with Gasteiger partial charge in [-0.15, -0.1) is 0 Å². The summed E-state index contributed by atoms with van der Waals surface area (Å²) >= 11 is 0. The number of ether oxygens (including phenoxy) is 1. The van der Waals surface area contributed by atoms with E-state index in [1.54, 1.807) is 12.1 Å². The fraction of sp³-hybridized carbons (Fsp3) is 0.182. The number of carbonyl (C=O) groups is 1. The predicted molar refractivity (Wildman–Crippen MR) is 53.9 cm³/mol. The third-order valence-electron chi connectivity index (χ3n) is 1.75. The third-order valence-corrected chi connectivity index (χ3v) is 1.75. The number of aliphatic hydroxyl groups excluding tert-OH is 1. The number of carboxylic acid groups (broad SMARTS) is 1. The van der Waals surface area contributed by atoms with Gasteiger partial charge >= 0.3 is 5.97 Å². The van der Waals surface area contributed by atoms with Gasteiger partial charge in [0.2, 0.25) is 0 Å². The zero-order valence-electron chi connectivity index (χ0n) is 8.15. The molecule has 0 amide bonds. The van der Waals surface area contributed by atoms with Crippen molar-refractivity contribution < 1.29 is 19.7 Å². The molecule has 0 aliphatic carbocycles. The van der Waals surface area contributed by atoms with Crippen LogP contribution in [-0.2, 0) is 0 Å². The molecule has 0 aliphatic rings. The molecule has 2 N–H and O–H groups in total. The number of aliphatic hydroxyl groups is 1. The van der Waals surface area contributed by atoms with Crippen molar-refractivity contribution in [2.24, 2.45) is 0 Å². The van der Waals surface area contributed by atoms with Crippen molar-refractivity contribution in [2.45, 2.75) is 0 Å². The molecule has 1 aromatic rings. The van der Waals surface area contributed by atoms with Gasteiger partial charge < -0.3 is 14.9 Å². The van der Waals surface area contributed by atoms with E-state index in [1.807, 2.05) is 0 Å². The summed E-state index contributed by atoms with van der Waals surface area (Å²) in [7, 11) is 1.38. The van der Waals surface area contributed by atoms with E-state index >= 15 is 0 Å². The van der Waals surface area contributed by atoms with Gasteiger partial charge in [0.05, 0.1) is 12.7 Å². The summed E-state index contributed by atoms with van der Waals surface area (Å²) < 4.78 is 4.97. The smallest absolute Gasteiger partial charge is 0.339 e. The minimum Gasteiger partial charge on any atom is -0.495 e. The Bertz CT molecular complexity index is 426. The molecule has 0 spiro atoms. The molecular formula is C11H10O4. The summed E-state index contributed by atoms with van der Waals surface area (Å²) in [6.07, 6.45) is 0. The molecule has 0 heterocycles. The first-order chi connectivity index (χ1) is 7.20. The Morgan fingerprint density at radius 1 is 1.53 bits per heavy atom. The molecule has 0 unspecified atom stereocenters. The predicted octanol–water partition coefficient (Wildman–Crippen LogP) is 0.737. The lowest BCUT2D eigenvalue weighted by Crippen LogP contribution is -2.01. The summed E-state index contributed by atoms with van der Waals surface area (Å²) in [5.41, 5.74) is 0.508. The minimum absolute atomic E-state index is 0.0576. The van der Waals surface area contributed by atoms with E-state index in [0.717, 1.165) is 0 Å². The summed E-state index contributed by atoms with van der Waals surface area (Å²) in [5.74, 6) is 4.20. The Balaban J connectivity index is 3.28. The van der Waals surface area contributed by atoms with Crippen LogP contribution in [0, 0.1) is 11.8 Å². The van der Waals surface area contributed by atoms with Gasteiger partial charge in [0.25, 0.3) is 0 Å². The van der Waals surface area contributed by atoms with E-state index in [4.69, 9.17) is 14.9 Å². The van der Waals surface area contributed by atoms with Crippen molar-refractivity contribution in [1.82, 2.24) is 0 Å². The van der Waals surface area contributed by atoms with Gasteiger partial charge in [0.1, 0.15) is 17.9 Å². The lowest BCUT2D eigenvalue weighted by atomic mass is 10.1. The SMILES string of the molecule is COc1c(C#CCO)cccc1C(=O)O. The van der Waals surface area contributed by atoms with Gasteiger partial charge in [-0.25, -0.2) is 4.79 Å². The molecule has 15 heavy (non-hydrogen) atoms. The van der Waals surface area contributed by atoms with Crippen molar-refractivity contribution in [1.29, 1.82) is 0 Å². The monoisotopic (exact) mass is 206 g/mol. The molecular weight excluding hydrogens is 196 g/mol. The van der Waals surface area contributed by atoms with Crippen LogP contribution in [0.1, 0.15) is 15.9 Å². The number of benzene rings is 1. The summed E-state index contributed by atoms with van der Waals surface area (Å²) in [4.78, 5) is 10.8. The Morgan fingerprint density at radius 3 is 2.80 bits per heavy atom. The second-order valence-electron chi connectivity index (χ2n) is 2.65. The highest BCUT2D eigenvalue weighted by molar-refractivity contribution is 5.91. The normalized spacial score (nSPS) is 8.93. The van der Waals surface area contributed by atoms with E-state index in [2.05, 4.69) is 11.8 Å². The molecule has 4 heteroatoms. The van der Waals surface area contributed by atoms with Crippen LogP contribution in [0.2, 0.25) is 0 Å². The van der Waals surface area contributed by atoms with Gasteiger partial charge in [-0.2, -0.15) is 0 Å². The van der Waals surface area contributed by atoms with Gasteiger partial charge in [-0.3, -0.25) is 0 Å². The Morgan fingerprint density at radius 2 is 2.27 bits per heavy atom. The molecule has 0 fully saturated rings. The van der Waals surface area contributed by atoms with Gasteiger partial charge in [-0.05, 0) is 12.1 Å². The van der Waals surface area contributed by atoms with Crippen LogP contribution < -0.4 is 4.74 Å². The zero-order valence-corrected chi connectivity index (χ0v) is 8.15. The molecule has 0 radical (unpaired) electrons. The van der Waals surface area contributed by atoms with Crippen LogP contribution >= 0.6 is 0 Å². The van der Waals surface area contributed by atoms with E-state index in [0.29, 0.717) is 5.56 Å². The lowest BCUT2D eigenvalue weighted by Gasteiger charge is -2.06. The van der Waals surface area contributed by atoms with Crippen LogP contribution in [0.25, 0.3) is 0 Å². The average molecular weight is 206 g/mol. The second kappa shape index (κ2) is 5.03. The first kappa shape index (κ1) is 11.1. The van der Waals surface area contributed by atoms with Crippen molar-refractivity contribution in [3.8, 4) is 17.6 Å². The maximum absolute atomic E-state index is 10.8. The van der Waals surface area contributed by atoms with Crippen LogP contribution in [-0.4, -0.2) is 29.9 Å². The highest BCUT2D eigenvalue weighted by Crippen LogP contribution is 2.22. The molecule has 0 aliphatic heterocycles. The largest absolute Gasteiger partial charge is 0.495 e. The molecule has 0 bridgehead atoms. The van der Waals surface area contributed by atoms with Crippen molar-refractivity contribution in [2.75, 3.05) is 13.7 Å². The fourth-order valence-corrected chi connectivity index (χ4v) is 1.16. The maximum Gasteiger partial charge on any atom is 0.339 e. The first-order valence-corrected chi connectivity index (χ1v) is 4.20. The Labute approximate surface area is 87.1 Å². The molecule has 4 nitrogen and oxygen atoms in total. The van der Waals surface area contributed by atoms with Crippen molar-refractivity contribution >= 4 is 5.97 Å². The van der Waals surface area contributed by atoms with Crippen LogP contribution in [0.3, 0.4) is 0 Å². The number of para-hydroxylation sites is 1. The fourth-order valence-electron chi connectivity index (χ4n) is 1.16. The van der Waals surface area contributed by atoms with Crippen LogP contribution in [0.15, 0.2) is 18.2 Å². The quantitative estimate of drug-likeness (QED) is 0.700. The number of hydrogen-bond acceptors (Lipinski definition) is 3. The zero-order chi connectivity index (χ0) is 11.3. The lowest BCUT2D eigenvalue weighted by molar-refractivity contribution is 0.0693. The molecule has 78 valence electrons. The molecule has 1 aromatic carbocycles. The standard InChI is InChI=1S/C11H10O4/c1-15-10-8(5-3-7-12)4-2-6-9(10)11(13)14/h2,4,6,12H,7H2,1H3,(H,13,14). The Hall–Kier alpha value is -1.99. The second-order valence-corrected chi connectivity index (χ2v) is 2.65. The number of carboxylic acids is 1. The highest BCUT2D eigenvalue weighted by atomic mass is 16.5. The van der Waals surface area contributed by atoms with Gasteiger partial charge in [-0.1, -0.05) is 17.9 Å². The van der Waals surface area contributed by atoms with E-state index in [1.165, 1.54) is 13.2 Å². The summed E-state index contributed by atoms with van der Waals surface area (Å²) in [6, 6.07) is 4.65. The number of rotatable bonds is 2. The van der Waals surface area contributed by atoms with Crippen molar-refractivity contribution in [3.63, 3.8) is 0 Å².